The number of carbonyl (C=O) groups is 1. The highest BCUT2D eigenvalue weighted by Crippen LogP contribution is 2.29. The first kappa shape index (κ1) is 19.3. The summed E-state index contributed by atoms with van der Waals surface area (Å²) < 4.78 is 5.83. The molecule has 0 saturated carbocycles. The minimum atomic E-state index is -0.310. The van der Waals surface area contributed by atoms with Crippen LogP contribution < -0.4 is 5.73 Å². The molecule has 3 rings (SSSR count). The van der Waals surface area contributed by atoms with Crippen LogP contribution in [0.3, 0.4) is 0 Å². The van der Waals surface area contributed by atoms with Gasteiger partial charge in [-0.3, -0.25) is 9.69 Å². The van der Waals surface area contributed by atoms with Gasteiger partial charge < -0.3 is 15.4 Å². The molecule has 0 aliphatic carbocycles. The molecular formula is C21H33N3O2. The third-order valence-corrected chi connectivity index (χ3v) is 5.95. The molecule has 2 aliphatic rings. The van der Waals surface area contributed by atoms with E-state index in [0.717, 1.165) is 32.5 Å². The van der Waals surface area contributed by atoms with E-state index < -0.39 is 0 Å². The molecule has 2 fully saturated rings. The van der Waals surface area contributed by atoms with Crippen molar-refractivity contribution in [2.45, 2.75) is 51.5 Å². The van der Waals surface area contributed by atoms with Crippen molar-refractivity contribution in [3.63, 3.8) is 0 Å². The quantitative estimate of drug-likeness (QED) is 0.875. The molecule has 0 radical (unpaired) electrons. The number of rotatable bonds is 5. The second-order valence-corrected chi connectivity index (χ2v) is 8.13. The molecule has 5 heteroatoms. The molecule has 0 aromatic heterocycles. The fourth-order valence-corrected chi connectivity index (χ4v) is 4.83. The standard InChI is InChI=1S/C21H33N3O2/c1-15-12-24(14-17-7-5-4-6-8-17)13-16(2)20(15)23(3)21(25)19-10-9-18(11-22)26-19/h4-8,15-16,18-20H,9-14,22H2,1-3H3/t15?,16?,18-,19+,20?/m1/s1. The van der Waals surface area contributed by atoms with Gasteiger partial charge in [-0.1, -0.05) is 44.2 Å². The van der Waals surface area contributed by atoms with E-state index in [0.29, 0.717) is 18.4 Å². The normalized spacial score (nSPS) is 32.5. The average molecular weight is 360 g/mol. The van der Waals surface area contributed by atoms with Crippen LogP contribution in [0, 0.1) is 11.8 Å². The molecule has 4 atom stereocenters. The van der Waals surface area contributed by atoms with Crippen LogP contribution in [0.2, 0.25) is 0 Å². The molecule has 2 heterocycles. The molecule has 1 aromatic rings. The Labute approximate surface area is 157 Å². The summed E-state index contributed by atoms with van der Waals surface area (Å²) in [6, 6.07) is 10.9. The zero-order valence-corrected chi connectivity index (χ0v) is 16.3. The maximum atomic E-state index is 12.9. The molecular weight excluding hydrogens is 326 g/mol. The van der Waals surface area contributed by atoms with Gasteiger partial charge in [-0.15, -0.1) is 0 Å². The fourth-order valence-electron chi connectivity index (χ4n) is 4.83. The van der Waals surface area contributed by atoms with E-state index in [9.17, 15) is 4.79 Å². The Balaban J connectivity index is 1.59. The highest BCUT2D eigenvalue weighted by Gasteiger charge is 2.40. The predicted molar refractivity (Wildman–Crippen MR) is 104 cm³/mol. The van der Waals surface area contributed by atoms with Crippen molar-refractivity contribution in [2.24, 2.45) is 17.6 Å². The lowest BCUT2D eigenvalue weighted by Crippen LogP contribution is -2.56. The molecule has 144 valence electrons. The minimum Gasteiger partial charge on any atom is -0.364 e. The van der Waals surface area contributed by atoms with Crippen LogP contribution in [-0.4, -0.2) is 60.6 Å². The summed E-state index contributed by atoms with van der Waals surface area (Å²) in [5, 5.41) is 0. The van der Waals surface area contributed by atoms with Crippen molar-refractivity contribution in [1.82, 2.24) is 9.80 Å². The van der Waals surface area contributed by atoms with Crippen molar-refractivity contribution in [2.75, 3.05) is 26.7 Å². The Bertz CT molecular complexity index is 582. The number of likely N-dealkylation sites (N-methyl/N-ethyl adjacent to an activating group) is 1. The fraction of sp³-hybridized carbons (Fsp3) is 0.667. The number of carbonyl (C=O) groups excluding carboxylic acids is 1. The van der Waals surface area contributed by atoms with Gasteiger partial charge in [0.05, 0.1) is 6.10 Å². The van der Waals surface area contributed by atoms with E-state index in [2.05, 4.69) is 49.1 Å². The van der Waals surface area contributed by atoms with Crippen LogP contribution in [0.1, 0.15) is 32.3 Å². The Morgan fingerprint density at radius 3 is 2.42 bits per heavy atom. The maximum absolute atomic E-state index is 12.9. The second kappa shape index (κ2) is 8.51. The zero-order chi connectivity index (χ0) is 18.7. The lowest BCUT2D eigenvalue weighted by atomic mass is 9.84. The molecule has 1 amide bonds. The van der Waals surface area contributed by atoms with Crippen LogP contribution in [-0.2, 0) is 16.1 Å². The third-order valence-electron chi connectivity index (χ3n) is 5.95. The largest absolute Gasteiger partial charge is 0.364 e. The van der Waals surface area contributed by atoms with Gasteiger partial charge in [-0.05, 0) is 30.2 Å². The number of likely N-dealkylation sites (tertiary alicyclic amines) is 1. The number of nitrogens with zero attached hydrogens (tertiary/aromatic N) is 2. The SMILES string of the molecule is CC1CN(Cc2ccccc2)CC(C)C1N(C)C(=O)[C@@H]1CC[C@H](CN)O1. The number of hydrogen-bond donors (Lipinski definition) is 1. The van der Waals surface area contributed by atoms with Gasteiger partial charge >= 0.3 is 0 Å². The zero-order valence-electron chi connectivity index (χ0n) is 16.3. The minimum absolute atomic E-state index is 0.0416. The van der Waals surface area contributed by atoms with Gasteiger partial charge in [0.1, 0.15) is 6.10 Å². The maximum Gasteiger partial charge on any atom is 0.251 e. The van der Waals surface area contributed by atoms with Crippen LogP contribution in [0.25, 0.3) is 0 Å². The Hall–Kier alpha value is -1.43. The number of amides is 1. The van der Waals surface area contributed by atoms with Crippen molar-refractivity contribution >= 4 is 5.91 Å². The van der Waals surface area contributed by atoms with E-state index in [1.807, 2.05) is 11.9 Å². The summed E-state index contributed by atoms with van der Waals surface area (Å²) in [7, 11) is 1.95. The summed E-state index contributed by atoms with van der Waals surface area (Å²) >= 11 is 0. The molecule has 2 unspecified atom stereocenters. The second-order valence-electron chi connectivity index (χ2n) is 8.13. The predicted octanol–water partition coefficient (Wildman–Crippen LogP) is 2.11. The van der Waals surface area contributed by atoms with Gasteiger partial charge in [0.25, 0.3) is 5.91 Å². The monoisotopic (exact) mass is 359 g/mol. The summed E-state index contributed by atoms with van der Waals surface area (Å²) in [5.74, 6) is 0.993. The van der Waals surface area contributed by atoms with E-state index in [4.69, 9.17) is 10.5 Å². The smallest absolute Gasteiger partial charge is 0.251 e. The Morgan fingerprint density at radius 2 is 1.85 bits per heavy atom. The number of hydrogen-bond acceptors (Lipinski definition) is 4. The highest BCUT2D eigenvalue weighted by atomic mass is 16.5. The number of piperidine rings is 1. The first-order valence-corrected chi connectivity index (χ1v) is 9.88. The lowest BCUT2D eigenvalue weighted by molar-refractivity contribution is -0.147. The van der Waals surface area contributed by atoms with Crippen molar-refractivity contribution in [3.8, 4) is 0 Å². The van der Waals surface area contributed by atoms with Gasteiger partial charge in [0.2, 0.25) is 0 Å². The topological polar surface area (TPSA) is 58.8 Å². The van der Waals surface area contributed by atoms with E-state index in [-0.39, 0.29) is 24.2 Å². The summed E-state index contributed by atoms with van der Waals surface area (Å²) in [4.78, 5) is 17.4. The molecule has 5 nitrogen and oxygen atoms in total. The molecule has 2 aliphatic heterocycles. The Morgan fingerprint density at radius 1 is 1.19 bits per heavy atom. The average Bonchev–Trinajstić information content (AvgIpc) is 3.10. The molecule has 2 N–H and O–H groups in total. The van der Waals surface area contributed by atoms with Crippen molar-refractivity contribution in [1.29, 1.82) is 0 Å². The van der Waals surface area contributed by atoms with Crippen LogP contribution in [0.15, 0.2) is 30.3 Å². The van der Waals surface area contributed by atoms with Crippen LogP contribution in [0.5, 0.6) is 0 Å². The number of ether oxygens (including phenoxy) is 1. The number of benzene rings is 1. The third kappa shape index (κ3) is 4.27. The lowest BCUT2D eigenvalue weighted by Gasteiger charge is -2.46. The summed E-state index contributed by atoms with van der Waals surface area (Å²) in [6.07, 6.45) is 1.41. The van der Waals surface area contributed by atoms with E-state index in [1.165, 1.54) is 5.56 Å². The summed E-state index contributed by atoms with van der Waals surface area (Å²) in [6.45, 7) is 8.03. The van der Waals surface area contributed by atoms with Gasteiger partial charge in [0, 0.05) is 39.3 Å². The molecule has 26 heavy (non-hydrogen) atoms. The van der Waals surface area contributed by atoms with Crippen LogP contribution >= 0.6 is 0 Å². The van der Waals surface area contributed by atoms with E-state index >= 15 is 0 Å². The first-order chi connectivity index (χ1) is 12.5. The van der Waals surface area contributed by atoms with Crippen molar-refractivity contribution < 1.29 is 9.53 Å². The van der Waals surface area contributed by atoms with Crippen LogP contribution in [0.4, 0.5) is 0 Å². The number of nitrogens with two attached hydrogens (primary N) is 1. The molecule has 0 spiro atoms. The Kier molecular flexibility index (Phi) is 6.33. The van der Waals surface area contributed by atoms with Gasteiger partial charge in [-0.2, -0.15) is 0 Å². The molecule has 1 aromatic carbocycles. The highest BCUT2D eigenvalue weighted by molar-refractivity contribution is 5.81. The molecule has 2 saturated heterocycles. The van der Waals surface area contributed by atoms with Gasteiger partial charge in [0.15, 0.2) is 0 Å². The summed E-state index contributed by atoms with van der Waals surface area (Å²) in [5.41, 5.74) is 7.03. The first-order valence-electron chi connectivity index (χ1n) is 9.88. The molecule has 0 bridgehead atoms. The van der Waals surface area contributed by atoms with E-state index in [1.54, 1.807) is 0 Å². The van der Waals surface area contributed by atoms with Crippen molar-refractivity contribution in [3.05, 3.63) is 35.9 Å². The van der Waals surface area contributed by atoms with Gasteiger partial charge in [-0.25, -0.2) is 0 Å².